The lowest BCUT2D eigenvalue weighted by Gasteiger charge is -2.11. The van der Waals surface area contributed by atoms with Gasteiger partial charge in [0.1, 0.15) is 12.4 Å². The van der Waals surface area contributed by atoms with Crippen molar-refractivity contribution >= 4 is 17.5 Å². The molecule has 1 aromatic heterocycles. The number of carbonyl (C=O) groups excluding carboxylic acids is 1. The Morgan fingerprint density at radius 1 is 1.48 bits per heavy atom. The molecule has 0 radical (unpaired) electrons. The van der Waals surface area contributed by atoms with Crippen molar-refractivity contribution in [3.63, 3.8) is 0 Å². The van der Waals surface area contributed by atoms with Crippen LogP contribution in [0.15, 0.2) is 22.6 Å². The van der Waals surface area contributed by atoms with Crippen LogP contribution in [0, 0.1) is 6.92 Å². The number of ether oxygens (including phenoxy) is 1. The predicted molar refractivity (Wildman–Crippen MR) is 75.2 cm³/mol. The lowest BCUT2D eigenvalue weighted by atomic mass is 10.1. The second kappa shape index (κ2) is 5.73. The molecule has 2 aromatic rings. The third-order valence-corrected chi connectivity index (χ3v) is 3.46. The second-order valence-electron chi connectivity index (χ2n) is 4.83. The predicted octanol–water partition coefficient (Wildman–Crippen LogP) is 2.21. The largest absolute Gasteiger partial charge is 0.491 e. The van der Waals surface area contributed by atoms with Crippen LogP contribution in [0.3, 0.4) is 0 Å². The summed E-state index contributed by atoms with van der Waals surface area (Å²) in [6.07, 6.45) is 0.705. The molecule has 2 heterocycles. The molecule has 1 unspecified atom stereocenters. The van der Waals surface area contributed by atoms with E-state index >= 15 is 0 Å². The van der Waals surface area contributed by atoms with E-state index in [-0.39, 0.29) is 18.4 Å². The standard InChI is InChI=1S/C14H14ClN3O3/c1-8-17-18-14(21-8)5-4-13(19)16-11-7-20-12-3-2-9(15)6-10(11)12/h2-3,6,11H,4-5,7H2,1H3,(H,16,19). The van der Waals surface area contributed by atoms with Crippen molar-refractivity contribution in [2.45, 2.75) is 25.8 Å². The average molecular weight is 308 g/mol. The van der Waals surface area contributed by atoms with Crippen LogP contribution < -0.4 is 10.1 Å². The van der Waals surface area contributed by atoms with Crippen LogP contribution in [0.5, 0.6) is 5.75 Å². The Morgan fingerprint density at radius 2 is 2.33 bits per heavy atom. The van der Waals surface area contributed by atoms with Gasteiger partial charge in [-0.25, -0.2) is 0 Å². The van der Waals surface area contributed by atoms with Gasteiger partial charge in [-0.3, -0.25) is 4.79 Å². The molecule has 1 atom stereocenters. The number of nitrogens with one attached hydrogen (secondary N) is 1. The number of benzene rings is 1. The molecule has 0 aliphatic carbocycles. The van der Waals surface area contributed by atoms with Gasteiger partial charge in [0.15, 0.2) is 0 Å². The number of amides is 1. The van der Waals surface area contributed by atoms with Gasteiger partial charge in [-0.15, -0.1) is 10.2 Å². The fourth-order valence-corrected chi connectivity index (χ4v) is 2.41. The summed E-state index contributed by atoms with van der Waals surface area (Å²) in [7, 11) is 0. The summed E-state index contributed by atoms with van der Waals surface area (Å²) in [5.41, 5.74) is 0.907. The van der Waals surface area contributed by atoms with Crippen molar-refractivity contribution in [1.29, 1.82) is 0 Å². The topological polar surface area (TPSA) is 77.2 Å². The van der Waals surface area contributed by atoms with Gasteiger partial charge in [0.25, 0.3) is 0 Å². The highest BCUT2D eigenvalue weighted by atomic mass is 35.5. The molecular formula is C14H14ClN3O3. The van der Waals surface area contributed by atoms with Crippen LogP contribution in [-0.2, 0) is 11.2 Å². The quantitative estimate of drug-likeness (QED) is 0.937. The maximum absolute atomic E-state index is 12.0. The van der Waals surface area contributed by atoms with Crippen molar-refractivity contribution in [3.05, 3.63) is 40.6 Å². The number of rotatable bonds is 4. The van der Waals surface area contributed by atoms with Crippen LogP contribution in [0.25, 0.3) is 0 Å². The van der Waals surface area contributed by atoms with Crippen LogP contribution in [-0.4, -0.2) is 22.7 Å². The normalized spacial score (nSPS) is 16.4. The Kier molecular flexibility index (Phi) is 3.79. The first-order valence-electron chi connectivity index (χ1n) is 6.62. The minimum Gasteiger partial charge on any atom is -0.491 e. The molecule has 7 heteroatoms. The number of aromatic nitrogens is 2. The Balaban J connectivity index is 1.58. The summed E-state index contributed by atoms with van der Waals surface area (Å²) in [5.74, 6) is 1.64. The summed E-state index contributed by atoms with van der Waals surface area (Å²) in [5, 5.41) is 11.1. The van der Waals surface area contributed by atoms with Gasteiger partial charge in [-0.05, 0) is 18.2 Å². The number of aryl methyl sites for hydroxylation is 2. The van der Waals surface area contributed by atoms with Gasteiger partial charge in [0.2, 0.25) is 17.7 Å². The number of carbonyl (C=O) groups is 1. The third kappa shape index (κ3) is 3.16. The Labute approximate surface area is 126 Å². The van der Waals surface area contributed by atoms with E-state index in [0.717, 1.165) is 11.3 Å². The van der Waals surface area contributed by atoms with Crippen molar-refractivity contribution in [2.24, 2.45) is 0 Å². The number of halogens is 1. The monoisotopic (exact) mass is 307 g/mol. The summed E-state index contributed by atoms with van der Waals surface area (Å²) < 4.78 is 10.8. The average Bonchev–Trinajstić information content (AvgIpc) is 3.04. The molecule has 3 rings (SSSR count). The lowest BCUT2D eigenvalue weighted by molar-refractivity contribution is -0.122. The van der Waals surface area contributed by atoms with Gasteiger partial charge >= 0.3 is 0 Å². The molecule has 110 valence electrons. The molecule has 1 amide bonds. The molecule has 1 aliphatic rings. The maximum Gasteiger partial charge on any atom is 0.221 e. The van der Waals surface area contributed by atoms with Crippen LogP contribution in [0.2, 0.25) is 5.02 Å². The van der Waals surface area contributed by atoms with Gasteiger partial charge in [0.05, 0.1) is 6.04 Å². The van der Waals surface area contributed by atoms with E-state index in [0.29, 0.717) is 29.8 Å². The molecule has 1 aromatic carbocycles. The highest BCUT2D eigenvalue weighted by Gasteiger charge is 2.25. The van der Waals surface area contributed by atoms with Crippen molar-refractivity contribution in [3.8, 4) is 5.75 Å². The fourth-order valence-electron chi connectivity index (χ4n) is 2.23. The zero-order valence-corrected chi connectivity index (χ0v) is 12.2. The molecule has 1 aliphatic heterocycles. The molecule has 0 saturated heterocycles. The van der Waals surface area contributed by atoms with E-state index in [1.807, 2.05) is 12.1 Å². The first-order chi connectivity index (χ1) is 10.1. The lowest BCUT2D eigenvalue weighted by Crippen LogP contribution is -2.29. The zero-order chi connectivity index (χ0) is 14.8. The minimum atomic E-state index is -0.171. The Morgan fingerprint density at radius 3 is 3.10 bits per heavy atom. The minimum absolute atomic E-state index is 0.0905. The molecule has 0 bridgehead atoms. The SMILES string of the molecule is Cc1nnc(CCC(=O)NC2COc3ccc(Cl)cc32)o1. The van der Waals surface area contributed by atoms with Crippen LogP contribution in [0.4, 0.5) is 0 Å². The van der Waals surface area contributed by atoms with Crippen LogP contribution >= 0.6 is 11.6 Å². The second-order valence-corrected chi connectivity index (χ2v) is 5.26. The molecule has 0 saturated carbocycles. The van der Waals surface area contributed by atoms with Crippen molar-refractivity contribution in [1.82, 2.24) is 15.5 Å². The molecule has 21 heavy (non-hydrogen) atoms. The number of fused-ring (bicyclic) bond motifs is 1. The Bertz CT molecular complexity index is 671. The summed E-state index contributed by atoms with van der Waals surface area (Å²) >= 11 is 5.97. The van der Waals surface area contributed by atoms with Crippen LogP contribution in [0.1, 0.15) is 29.8 Å². The van der Waals surface area contributed by atoms with Crippen molar-refractivity contribution in [2.75, 3.05) is 6.61 Å². The molecule has 0 fully saturated rings. The summed E-state index contributed by atoms with van der Waals surface area (Å²) in [6.45, 7) is 2.13. The highest BCUT2D eigenvalue weighted by molar-refractivity contribution is 6.30. The summed E-state index contributed by atoms with van der Waals surface area (Å²) in [6, 6.07) is 5.22. The molecular weight excluding hydrogens is 294 g/mol. The highest BCUT2D eigenvalue weighted by Crippen LogP contribution is 2.34. The molecule has 6 nitrogen and oxygen atoms in total. The maximum atomic E-state index is 12.0. The van der Waals surface area contributed by atoms with Gasteiger partial charge in [-0.1, -0.05) is 11.6 Å². The third-order valence-electron chi connectivity index (χ3n) is 3.22. The summed E-state index contributed by atoms with van der Waals surface area (Å²) in [4.78, 5) is 12.0. The van der Waals surface area contributed by atoms with E-state index in [1.54, 1.807) is 13.0 Å². The number of nitrogens with zero attached hydrogens (tertiary/aromatic N) is 2. The van der Waals surface area contributed by atoms with Gasteiger partial charge < -0.3 is 14.5 Å². The smallest absolute Gasteiger partial charge is 0.221 e. The zero-order valence-electron chi connectivity index (χ0n) is 11.4. The van der Waals surface area contributed by atoms with E-state index in [4.69, 9.17) is 20.8 Å². The van der Waals surface area contributed by atoms with E-state index in [9.17, 15) is 4.79 Å². The first kappa shape index (κ1) is 13.9. The fraction of sp³-hybridized carbons (Fsp3) is 0.357. The first-order valence-corrected chi connectivity index (χ1v) is 7.00. The number of hydrogen-bond acceptors (Lipinski definition) is 5. The number of hydrogen-bond donors (Lipinski definition) is 1. The van der Waals surface area contributed by atoms with E-state index in [1.165, 1.54) is 0 Å². The van der Waals surface area contributed by atoms with E-state index in [2.05, 4.69) is 15.5 Å². The van der Waals surface area contributed by atoms with E-state index < -0.39 is 0 Å². The van der Waals surface area contributed by atoms with Crippen molar-refractivity contribution < 1.29 is 13.9 Å². The molecule has 0 spiro atoms. The molecule has 1 N–H and O–H groups in total. The van der Waals surface area contributed by atoms with Gasteiger partial charge in [-0.2, -0.15) is 0 Å². The van der Waals surface area contributed by atoms with Gasteiger partial charge in [0, 0.05) is 30.4 Å². The Hall–Kier alpha value is -2.08.